The highest BCUT2D eigenvalue weighted by Crippen LogP contribution is 2.25. The first-order chi connectivity index (χ1) is 9.63. The maximum Gasteiger partial charge on any atom is 0.251 e. The summed E-state index contributed by atoms with van der Waals surface area (Å²) in [4.78, 5) is 12.0. The molecule has 1 amide bonds. The Morgan fingerprint density at radius 3 is 2.75 bits per heavy atom. The molecule has 0 aliphatic heterocycles. The molecule has 0 unspecified atom stereocenters. The Bertz CT molecular complexity index is 662. The second-order valence-electron chi connectivity index (χ2n) is 5.29. The molecule has 3 heteroatoms. The van der Waals surface area contributed by atoms with Crippen molar-refractivity contribution >= 4 is 5.91 Å². The van der Waals surface area contributed by atoms with Crippen molar-refractivity contribution < 1.29 is 9.18 Å². The molecule has 2 aromatic carbocycles. The van der Waals surface area contributed by atoms with Gasteiger partial charge in [0.05, 0.1) is 0 Å². The number of amides is 1. The fourth-order valence-electron chi connectivity index (χ4n) is 2.23. The summed E-state index contributed by atoms with van der Waals surface area (Å²) in [5.41, 5.74) is 3.31. The van der Waals surface area contributed by atoms with Crippen LogP contribution in [0.1, 0.15) is 28.8 Å². The molecule has 3 rings (SSSR count). The molecule has 2 aromatic rings. The van der Waals surface area contributed by atoms with E-state index in [0.717, 1.165) is 29.5 Å². The Balaban J connectivity index is 1.93. The predicted molar refractivity (Wildman–Crippen MR) is 77.1 cm³/mol. The summed E-state index contributed by atoms with van der Waals surface area (Å²) in [7, 11) is 0. The molecule has 20 heavy (non-hydrogen) atoms. The Labute approximate surface area is 117 Å². The van der Waals surface area contributed by atoms with Crippen LogP contribution in [0.25, 0.3) is 11.1 Å². The van der Waals surface area contributed by atoms with Crippen molar-refractivity contribution in [1.29, 1.82) is 0 Å². The van der Waals surface area contributed by atoms with Crippen molar-refractivity contribution in [2.24, 2.45) is 0 Å². The second-order valence-corrected chi connectivity index (χ2v) is 5.29. The van der Waals surface area contributed by atoms with Crippen LogP contribution in [0.2, 0.25) is 0 Å². The highest BCUT2D eigenvalue weighted by molar-refractivity contribution is 5.95. The van der Waals surface area contributed by atoms with Gasteiger partial charge < -0.3 is 5.32 Å². The van der Waals surface area contributed by atoms with E-state index in [4.69, 9.17) is 0 Å². The van der Waals surface area contributed by atoms with Crippen LogP contribution in [-0.2, 0) is 0 Å². The lowest BCUT2D eigenvalue weighted by Crippen LogP contribution is -2.25. The van der Waals surface area contributed by atoms with Crippen molar-refractivity contribution in [3.05, 3.63) is 59.4 Å². The minimum absolute atomic E-state index is 0.0524. The van der Waals surface area contributed by atoms with Gasteiger partial charge in [0, 0.05) is 11.6 Å². The average Bonchev–Trinajstić information content (AvgIpc) is 3.25. The number of rotatable bonds is 3. The number of aryl methyl sites for hydroxylation is 1. The van der Waals surface area contributed by atoms with Crippen LogP contribution < -0.4 is 5.32 Å². The third kappa shape index (κ3) is 2.72. The molecule has 1 aliphatic carbocycles. The maximum atomic E-state index is 13.4. The summed E-state index contributed by atoms with van der Waals surface area (Å²) in [6.45, 7) is 1.94. The predicted octanol–water partition coefficient (Wildman–Crippen LogP) is 3.69. The SMILES string of the molecule is Cc1ccc(F)cc1-c1cccc(C(=O)NC2CC2)c1. The van der Waals surface area contributed by atoms with E-state index in [-0.39, 0.29) is 11.7 Å². The number of hydrogen-bond donors (Lipinski definition) is 1. The fraction of sp³-hybridized carbons (Fsp3) is 0.235. The highest BCUT2D eigenvalue weighted by Gasteiger charge is 2.23. The zero-order valence-electron chi connectivity index (χ0n) is 11.3. The molecule has 0 aromatic heterocycles. The zero-order chi connectivity index (χ0) is 14.1. The van der Waals surface area contributed by atoms with E-state index in [2.05, 4.69) is 5.32 Å². The van der Waals surface area contributed by atoms with Gasteiger partial charge in [-0.25, -0.2) is 4.39 Å². The van der Waals surface area contributed by atoms with Crippen molar-refractivity contribution in [3.8, 4) is 11.1 Å². The summed E-state index contributed by atoms with van der Waals surface area (Å²) in [6, 6.07) is 12.4. The van der Waals surface area contributed by atoms with Crippen molar-refractivity contribution in [1.82, 2.24) is 5.32 Å². The third-order valence-electron chi connectivity index (χ3n) is 3.55. The second kappa shape index (κ2) is 5.08. The van der Waals surface area contributed by atoms with Crippen LogP contribution in [0.15, 0.2) is 42.5 Å². The minimum atomic E-state index is -0.265. The summed E-state index contributed by atoms with van der Waals surface area (Å²) >= 11 is 0. The van der Waals surface area contributed by atoms with Gasteiger partial charge in [-0.1, -0.05) is 18.2 Å². The van der Waals surface area contributed by atoms with Crippen LogP contribution in [0, 0.1) is 12.7 Å². The molecule has 0 spiro atoms. The molecule has 0 saturated heterocycles. The van der Waals surface area contributed by atoms with Crippen LogP contribution in [-0.4, -0.2) is 11.9 Å². The van der Waals surface area contributed by atoms with Gasteiger partial charge in [0.2, 0.25) is 0 Å². The quantitative estimate of drug-likeness (QED) is 0.904. The molecule has 1 N–H and O–H groups in total. The zero-order valence-corrected chi connectivity index (χ0v) is 11.3. The number of hydrogen-bond acceptors (Lipinski definition) is 1. The molecule has 1 fully saturated rings. The Kier molecular flexibility index (Phi) is 3.26. The molecule has 102 valence electrons. The van der Waals surface area contributed by atoms with Gasteiger partial charge in [-0.15, -0.1) is 0 Å². The van der Waals surface area contributed by atoms with Crippen LogP contribution in [0.3, 0.4) is 0 Å². The lowest BCUT2D eigenvalue weighted by atomic mass is 9.98. The first kappa shape index (κ1) is 12.9. The van der Waals surface area contributed by atoms with Gasteiger partial charge in [-0.2, -0.15) is 0 Å². The van der Waals surface area contributed by atoms with Crippen LogP contribution in [0.5, 0.6) is 0 Å². The van der Waals surface area contributed by atoms with Gasteiger partial charge in [-0.05, 0) is 60.7 Å². The van der Waals surface area contributed by atoms with Crippen LogP contribution in [0.4, 0.5) is 4.39 Å². The van der Waals surface area contributed by atoms with Gasteiger partial charge in [0.15, 0.2) is 0 Å². The molecule has 0 bridgehead atoms. The van der Waals surface area contributed by atoms with Crippen molar-refractivity contribution in [2.45, 2.75) is 25.8 Å². The minimum Gasteiger partial charge on any atom is -0.349 e. The summed E-state index contributed by atoms with van der Waals surface area (Å²) in [6.07, 6.45) is 2.13. The third-order valence-corrected chi connectivity index (χ3v) is 3.55. The van der Waals surface area contributed by atoms with E-state index >= 15 is 0 Å². The lowest BCUT2D eigenvalue weighted by Gasteiger charge is -2.09. The van der Waals surface area contributed by atoms with E-state index in [1.807, 2.05) is 25.1 Å². The summed E-state index contributed by atoms with van der Waals surface area (Å²) in [5, 5.41) is 2.96. The smallest absolute Gasteiger partial charge is 0.251 e. The molecular formula is C17H16FNO. The largest absolute Gasteiger partial charge is 0.349 e. The molecule has 1 aliphatic rings. The topological polar surface area (TPSA) is 29.1 Å². The number of nitrogens with one attached hydrogen (secondary N) is 1. The Morgan fingerprint density at radius 2 is 2.00 bits per heavy atom. The molecule has 0 radical (unpaired) electrons. The molecule has 0 atom stereocenters. The molecule has 0 heterocycles. The summed E-state index contributed by atoms with van der Waals surface area (Å²) in [5.74, 6) is -0.318. The first-order valence-electron chi connectivity index (χ1n) is 6.81. The van der Waals surface area contributed by atoms with E-state index < -0.39 is 0 Å². The maximum absolute atomic E-state index is 13.4. The normalized spacial score (nSPS) is 14.1. The van der Waals surface area contributed by atoms with E-state index in [0.29, 0.717) is 11.6 Å². The van der Waals surface area contributed by atoms with Gasteiger partial charge in [0.1, 0.15) is 5.82 Å². The molecular weight excluding hydrogens is 253 g/mol. The van der Waals surface area contributed by atoms with Crippen molar-refractivity contribution in [2.75, 3.05) is 0 Å². The number of benzene rings is 2. The first-order valence-corrected chi connectivity index (χ1v) is 6.81. The van der Waals surface area contributed by atoms with Crippen molar-refractivity contribution in [3.63, 3.8) is 0 Å². The standard InChI is InChI=1S/C17H16FNO/c1-11-5-6-14(18)10-16(11)12-3-2-4-13(9-12)17(20)19-15-7-8-15/h2-6,9-10,15H,7-8H2,1H3,(H,19,20). The number of carbonyl (C=O) groups is 1. The number of halogens is 1. The van der Waals surface area contributed by atoms with E-state index in [9.17, 15) is 9.18 Å². The van der Waals surface area contributed by atoms with E-state index in [1.54, 1.807) is 12.1 Å². The van der Waals surface area contributed by atoms with Gasteiger partial charge in [0.25, 0.3) is 5.91 Å². The highest BCUT2D eigenvalue weighted by atomic mass is 19.1. The van der Waals surface area contributed by atoms with Crippen LogP contribution >= 0.6 is 0 Å². The van der Waals surface area contributed by atoms with Gasteiger partial charge in [-0.3, -0.25) is 4.79 Å². The Hall–Kier alpha value is -2.16. The fourth-order valence-corrected chi connectivity index (χ4v) is 2.23. The van der Waals surface area contributed by atoms with Gasteiger partial charge >= 0.3 is 0 Å². The average molecular weight is 269 g/mol. The lowest BCUT2D eigenvalue weighted by molar-refractivity contribution is 0.0951. The number of carbonyl (C=O) groups excluding carboxylic acids is 1. The molecule has 1 saturated carbocycles. The summed E-state index contributed by atoms with van der Waals surface area (Å²) < 4.78 is 13.4. The molecule has 2 nitrogen and oxygen atoms in total. The van der Waals surface area contributed by atoms with E-state index in [1.165, 1.54) is 12.1 Å². The Morgan fingerprint density at radius 1 is 1.20 bits per heavy atom. The monoisotopic (exact) mass is 269 g/mol.